The fourth-order valence-corrected chi connectivity index (χ4v) is 3.88. The number of hydrogen-bond donors (Lipinski definition) is 3. The molecule has 2 aliphatic rings. The fourth-order valence-electron chi connectivity index (χ4n) is 2.84. The number of anilines is 1. The van der Waals surface area contributed by atoms with Gasteiger partial charge in [-0.2, -0.15) is 0 Å². The van der Waals surface area contributed by atoms with Crippen LogP contribution in [0.1, 0.15) is 29.8 Å². The van der Waals surface area contributed by atoms with Gasteiger partial charge in [-0.05, 0) is 25.7 Å². The number of nitrogens with zero attached hydrogens (tertiary/aromatic N) is 2. The number of β-amino-alcohol motifs (C(OH)–C–C–N with tert-alkyl or cyclic N) is 1. The van der Waals surface area contributed by atoms with Gasteiger partial charge in [0.15, 0.2) is 5.13 Å². The molecule has 0 saturated carbocycles. The number of carboxylic acids is 1. The monoisotopic (exact) mass is 311 g/mol. The van der Waals surface area contributed by atoms with Crippen LogP contribution in [0.25, 0.3) is 0 Å². The van der Waals surface area contributed by atoms with E-state index in [0.29, 0.717) is 5.13 Å². The van der Waals surface area contributed by atoms with E-state index in [1.807, 2.05) is 0 Å². The molecule has 7 nitrogen and oxygen atoms in total. The number of hydrogen-bond acceptors (Lipinski definition) is 5. The molecule has 21 heavy (non-hydrogen) atoms. The highest BCUT2D eigenvalue weighted by Crippen LogP contribution is 2.30. The lowest BCUT2D eigenvalue weighted by Crippen LogP contribution is -2.43. The van der Waals surface area contributed by atoms with Gasteiger partial charge in [-0.3, -0.25) is 5.32 Å². The van der Waals surface area contributed by atoms with Crippen LogP contribution in [0, 0.1) is 0 Å². The van der Waals surface area contributed by atoms with Gasteiger partial charge in [0.2, 0.25) is 0 Å². The van der Waals surface area contributed by atoms with Crippen LogP contribution in [0.3, 0.4) is 0 Å². The average Bonchev–Trinajstić information content (AvgIpc) is 3.01. The number of urea groups is 1. The number of carboxylic acid groups (broad SMARTS) is 1. The molecule has 1 aliphatic carbocycles. The predicted octanol–water partition coefficient (Wildman–Crippen LogP) is 1.07. The second-order valence-corrected chi connectivity index (χ2v) is 6.51. The first-order valence-corrected chi connectivity index (χ1v) is 7.83. The van der Waals surface area contributed by atoms with Gasteiger partial charge in [0.05, 0.1) is 11.8 Å². The number of aliphatic hydroxyl groups excluding tert-OH is 1. The van der Waals surface area contributed by atoms with Crippen molar-refractivity contribution >= 4 is 28.5 Å². The molecular weight excluding hydrogens is 294 g/mol. The van der Waals surface area contributed by atoms with Crippen LogP contribution in [-0.4, -0.2) is 50.8 Å². The molecule has 8 heteroatoms. The van der Waals surface area contributed by atoms with Crippen molar-refractivity contribution in [2.24, 2.45) is 0 Å². The van der Waals surface area contributed by atoms with Gasteiger partial charge in [0.25, 0.3) is 0 Å². The summed E-state index contributed by atoms with van der Waals surface area (Å²) in [5.74, 6) is -1.10. The summed E-state index contributed by atoms with van der Waals surface area (Å²) in [7, 11) is 0. The van der Waals surface area contributed by atoms with E-state index in [2.05, 4.69) is 10.3 Å². The second kappa shape index (κ2) is 5.61. The van der Waals surface area contributed by atoms with Crippen LogP contribution in [0.5, 0.6) is 0 Å². The largest absolute Gasteiger partial charge is 0.480 e. The first-order chi connectivity index (χ1) is 10.0. The Morgan fingerprint density at radius 1 is 1.33 bits per heavy atom. The smallest absolute Gasteiger partial charge is 0.326 e. The van der Waals surface area contributed by atoms with E-state index in [-0.39, 0.29) is 13.0 Å². The van der Waals surface area contributed by atoms with E-state index >= 15 is 0 Å². The third-order valence-corrected chi connectivity index (χ3v) is 4.96. The molecule has 0 bridgehead atoms. The minimum absolute atomic E-state index is 0.0356. The van der Waals surface area contributed by atoms with Crippen LogP contribution >= 0.6 is 11.3 Å². The molecular formula is C13H17N3O4S. The van der Waals surface area contributed by atoms with E-state index in [0.717, 1.165) is 36.3 Å². The summed E-state index contributed by atoms with van der Waals surface area (Å²) >= 11 is 1.45. The molecule has 1 fully saturated rings. The number of likely N-dealkylation sites (tertiary alicyclic amines) is 1. The third-order valence-electron chi connectivity index (χ3n) is 3.88. The Morgan fingerprint density at radius 2 is 2.10 bits per heavy atom. The van der Waals surface area contributed by atoms with Gasteiger partial charge in [-0.25, -0.2) is 14.6 Å². The molecule has 0 radical (unpaired) electrons. The van der Waals surface area contributed by atoms with E-state index in [1.54, 1.807) is 0 Å². The fraction of sp³-hybridized carbons (Fsp3) is 0.615. The number of aromatic nitrogens is 1. The number of aliphatic hydroxyl groups is 1. The topological polar surface area (TPSA) is 103 Å². The Balaban J connectivity index is 1.71. The quantitative estimate of drug-likeness (QED) is 0.758. The first-order valence-electron chi connectivity index (χ1n) is 7.01. The van der Waals surface area contributed by atoms with Crippen LogP contribution in [0.15, 0.2) is 0 Å². The van der Waals surface area contributed by atoms with Crippen molar-refractivity contribution in [2.45, 2.75) is 44.2 Å². The van der Waals surface area contributed by atoms with Crippen molar-refractivity contribution in [2.75, 3.05) is 11.9 Å². The van der Waals surface area contributed by atoms with Gasteiger partial charge < -0.3 is 15.1 Å². The van der Waals surface area contributed by atoms with Crippen LogP contribution in [0.2, 0.25) is 0 Å². The lowest BCUT2D eigenvalue weighted by molar-refractivity contribution is -0.141. The summed E-state index contributed by atoms with van der Waals surface area (Å²) in [4.78, 5) is 30.1. The summed E-state index contributed by atoms with van der Waals surface area (Å²) in [5, 5.41) is 21.8. The Hall–Kier alpha value is -1.67. The molecule has 0 spiro atoms. The van der Waals surface area contributed by atoms with E-state index in [9.17, 15) is 14.7 Å². The van der Waals surface area contributed by atoms with Crippen LogP contribution in [0.4, 0.5) is 9.93 Å². The molecule has 1 aliphatic heterocycles. The van der Waals surface area contributed by atoms with Gasteiger partial charge in [-0.1, -0.05) is 0 Å². The Kier molecular flexibility index (Phi) is 3.81. The lowest BCUT2D eigenvalue weighted by Gasteiger charge is -2.20. The number of rotatable bonds is 2. The highest BCUT2D eigenvalue weighted by atomic mass is 32.1. The van der Waals surface area contributed by atoms with Crippen LogP contribution in [-0.2, 0) is 17.6 Å². The molecule has 3 rings (SSSR count). The van der Waals surface area contributed by atoms with E-state index < -0.39 is 24.1 Å². The Labute approximate surface area is 125 Å². The maximum Gasteiger partial charge on any atom is 0.326 e. The Morgan fingerprint density at radius 3 is 2.81 bits per heavy atom. The van der Waals surface area contributed by atoms with Crippen molar-refractivity contribution in [1.29, 1.82) is 0 Å². The van der Waals surface area contributed by atoms with E-state index in [1.165, 1.54) is 16.2 Å². The standard InChI is InChI=1S/C13H17N3O4S/c17-7-5-9(11(18)19)16(6-7)13(20)15-12-14-8-3-1-2-4-10(8)21-12/h7,9,17H,1-6H2,(H,18,19)(H,14,15,20)/t7?,9-/m0/s1. The highest BCUT2D eigenvalue weighted by molar-refractivity contribution is 7.15. The van der Waals surface area contributed by atoms with Gasteiger partial charge in [0, 0.05) is 17.8 Å². The van der Waals surface area contributed by atoms with Gasteiger partial charge in [0.1, 0.15) is 6.04 Å². The maximum atomic E-state index is 12.2. The molecule has 114 valence electrons. The number of aliphatic carboxylic acids is 1. The lowest BCUT2D eigenvalue weighted by atomic mass is 10.0. The SMILES string of the molecule is O=C(O)[C@@H]1CC(O)CN1C(=O)Nc1nc2c(s1)CCCC2. The highest BCUT2D eigenvalue weighted by Gasteiger charge is 2.39. The predicted molar refractivity (Wildman–Crippen MR) is 76.5 cm³/mol. The van der Waals surface area contributed by atoms with Crippen molar-refractivity contribution in [1.82, 2.24) is 9.88 Å². The summed E-state index contributed by atoms with van der Waals surface area (Å²) in [6, 6.07) is -1.49. The average molecular weight is 311 g/mol. The minimum atomic E-state index is -1.10. The summed E-state index contributed by atoms with van der Waals surface area (Å²) in [5.41, 5.74) is 1.04. The number of aryl methyl sites for hydroxylation is 2. The number of fused-ring (bicyclic) bond motifs is 1. The zero-order valence-corrected chi connectivity index (χ0v) is 12.2. The second-order valence-electron chi connectivity index (χ2n) is 5.42. The molecule has 2 amide bonds. The van der Waals surface area contributed by atoms with E-state index in [4.69, 9.17) is 5.11 Å². The van der Waals surface area contributed by atoms with Crippen molar-refractivity contribution in [3.8, 4) is 0 Å². The first kappa shape index (κ1) is 14.3. The van der Waals surface area contributed by atoms with Gasteiger partial charge >= 0.3 is 12.0 Å². The number of nitrogens with one attached hydrogen (secondary N) is 1. The normalized spacial score (nSPS) is 24.7. The number of carbonyl (C=O) groups is 2. The molecule has 1 unspecified atom stereocenters. The summed E-state index contributed by atoms with van der Waals surface area (Å²) in [6.45, 7) is 0.0356. The summed E-state index contributed by atoms with van der Waals surface area (Å²) < 4.78 is 0. The van der Waals surface area contributed by atoms with Crippen LogP contribution < -0.4 is 5.32 Å². The Bertz CT molecular complexity index is 550. The molecule has 1 aromatic rings. The molecule has 1 saturated heterocycles. The summed E-state index contributed by atoms with van der Waals surface area (Å²) in [6.07, 6.45) is 3.45. The maximum absolute atomic E-state index is 12.2. The zero-order chi connectivity index (χ0) is 15.0. The minimum Gasteiger partial charge on any atom is -0.480 e. The zero-order valence-electron chi connectivity index (χ0n) is 11.4. The number of carbonyl (C=O) groups excluding carboxylic acids is 1. The molecule has 3 N–H and O–H groups in total. The number of amides is 2. The molecule has 2 atom stereocenters. The third kappa shape index (κ3) is 2.86. The van der Waals surface area contributed by atoms with Crippen molar-refractivity contribution in [3.63, 3.8) is 0 Å². The molecule has 2 heterocycles. The number of thiazole rings is 1. The van der Waals surface area contributed by atoms with Gasteiger partial charge in [-0.15, -0.1) is 11.3 Å². The van der Waals surface area contributed by atoms with Crippen molar-refractivity contribution < 1.29 is 19.8 Å². The molecule has 1 aromatic heterocycles. The van der Waals surface area contributed by atoms with Crippen molar-refractivity contribution in [3.05, 3.63) is 10.6 Å². The molecule has 0 aromatic carbocycles.